The van der Waals surface area contributed by atoms with Crippen LogP contribution in [0.25, 0.3) is 0 Å². The number of thiophene rings is 1. The third kappa shape index (κ3) is 3.24. The zero-order chi connectivity index (χ0) is 13.0. The summed E-state index contributed by atoms with van der Waals surface area (Å²) in [6, 6.07) is 9.03. The quantitative estimate of drug-likeness (QED) is 0.602. The monoisotopic (exact) mass is 322 g/mol. The molecular weight excluding hydrogens is 304 g/mol. The molecule has 0 bridgehead atoms. The maximum Gasteiger partial charge on any atom is 0.0655 e. The molecule has 0 amide bonds. The molecule has 1 unspecified atom stereocenters. The van der Waals surface area contributed by atoms with Gasteiger partial charge in [0.1, 0.15) is 0 Å². The van der Waals surface area contributed by atoms with E-state index >= 15 is 0 Å². The molecule has 0 aliphatic rings. The van der Waals surface area contributed by atoms with Crippen LogP contribution in [0.4, 0.5) is 0 Å². The summed E-state index contributed by atoms with van der Waals surface area (Å²) in [7, 11) is 0. The lowest BCUT2D eigenvalue weighted by atomic mass is 10.0. The topological polar surface area (TPSA) is 0 Å². The normalized spacial score (nSPS) is 12.6. The first-order valence-electron chi connectivity index (χ1n) is 6.48. The first-order chi connectivity index (χ1) is 8.72. The van der Waals surface area contributed by atoms with Crippen molar-refractivity contribution >= 4 is 27.3 Å². The summed E-state index contributed by atoms with van der Waals surface area (Å²) >= 11 is 5.58. The lowest BCUT2D eigenvalue weighted by Gasteiger charge is -2.11. The number of alkyl halides is 1. The molecule has 0 aliphatic carbocycles. The van der Waals surface area contributed by atoms with Gasteiger partial charge in [0.05, 0.1) is 4.83 Å². The molecule has 0 fully saturated rings. The average Bonchev–Trinajstić information content (AvgIpc) is 2.82. The predicted octanol–water partition coefficient (Wildman–Crippen LogP) is 5.88. The van der Waals surface area contributed by atoms with Crippen molar-refractivity contribution in [2.75, 3.05) is 0 Å². The zero-order valence-corrected chi connectivity index (χ0v) is 13.4. The maximum atomic E-state index is 3.81. The fourth-order valence-electron chi connectivity index (χ4n) is 2.04. The van der Waals surface area contributed by atoms with Crippen molar-refractivity contribution in [3.63, 3.8) is 0 Å². The van der Waals surface area contributed by atoms with Gasteiger partial charge < -0.3 is 0 Å². The van der Waals surface area contributed by atoms with Gasteiger partial charge >= 0.3 is 0 Å². The molecule has 0 saturated heterocycles. The molecule has 1 heterocycles. The lowest BCUT2D eigenvalue weighted by Crippen LogP contribution is -1.93. The molecule has 2 rings (SSSR count). The molecule has 18 heavy (non-hydrogen) atoms. The van der Waals surface area contributed by atoms with Crippen LogP contribution in [0.5, 0.6) is 0 Å². The molecule has 0 spiro atoms. The van der Waals surface area contributed by atoms with Crippen LogP contribution in [0.3, 0.4) is 0 Å². The third-order valence-corrected chi connectivity index (χ3v) is 5.16. The fraction of sp³-hybridized carbons (Fsp3) is 0.375. The first kappa shape index (κ1) is 13.8. The first-order valence-corrected chi connectivity index (χ1v) is 8.33. The van der Waals surface area contributed by atoms with Crippen molar-refractivity contribution in [1.29, 1.82) is 0 Å². The summed E-state index contributed by atoms with van der Waals surface area (Å²) in [5.41, 5.74) is 5.55. The van der Waals surface area contributed by atoms with E-state index in [4.69, 9.17) is 0 Å². The molecule has 1 atom stereocenters. The van der Waals surface area contributed by atoms with Crippen molar-refractivity contribution in [3.05, 3.63) is 57.3 Å². The Kier molecular flexibility index (Phi) is 5.02. The maximum absolute atomic E-state index is 3.81. The highest BCUT2D eigenvalue weighted by Crippen LogP contribution is 2.34. The molecule has 0 saturated carbocycles. The highest BCUT2D eigenvalue weighted by Gasteiger charge is 2.13. The van der Waals surface area contributed by atoms with Gasteiger partial charge in [-0.15, -0.1) is 0 Å². The van der Waals surface area contributed by atoms with E-state index in [9.17, 15) is 0 Å². The Morgan fingerprint density at radius 3 is 2.44 bits per heavy atom. The molecule has 0 aliphatic heterocycles. The Labute approximate surface area is 122 Å². The van der Waals surface area contributed by atoms with Crippen LogP contribution in [-0.2, 0) is 6.42 Å². The van der Waals surface area contributed by atoms with Gasteiger partial charge in [0.15, 0.2) is 0 Å². The van der Waals surface area contributed by atoms with Gasteiger partial charge in [-0.05, 0) is 52.8 Å². The molecule has 0 N–H and O–H groups in total. The van der Waals surface area contributed by atoms with Crippen molar-refractivity contribution < 1.29 is 0 Å². The fourth-order valence-corrected chi connectivity index (χ4v) is 3.89. The van der Waals surface area contributed by atoms with E-state index in [1.807, 2.05) is 0 Å². The van der Waals surface area contributed by atoms with Gasteiger partial charge in [-0.3, -0.25) is 0 Å². The smallest absolute Gasteiger partial charge is 0.0655 e. The molecule has 0 radical (unpaired) electrons. The van der Waals surface area contributed by atoms with Gasteiger partial charge in [-0.1, -0.05) is 53.5 Å². The minimum absolute atomic E-state index is 0.323. The van der Waals surface area contributed by atoms with Crippen LogP contribution in [-0.4, -0.2) is 0 Å². The Bertz CT molecular complexity index is 484. The second kappa shape index (κ2) is 6.53. The van der Waals surface area contributed by atoms with Crippen LogP contribution in [0.15, 0.2) is 35.0 Å². The van der Waals surface area contributed by atoms with Gasteiger partial charge in [0.2, 0.25) is 0 Å². The highest BCUT2D eigenvalue weighted by molar-refractivity contribution is 9.09. The summed E-state index contributed by atoms with van der Waals surface area (Å²) in [6.45, 7) is 4.41. The largest absolute Gasteiger partial charge is 0.152 e. The Balaban J connectivity index is 2.12. The predicted molar refractivity (Wildman–Crippen MR) is 84.9 cm³/mol. The Hall–Kier alpha value is -0.600. The second-order valence-electron chi connectivity index (χ2n) is 4.72. The molecular formula is C16H19BrS. The number of hydrogen-bond acceptors (Lipinski definition) is 1. The zero-order valence-electron chi connectivity index (χ0n) is 10.9. The molecule has 0 nitrogen and oxygen atoms in total. The van der Waals surface area contributed by atoms with Crippen molar-refractivity contribution in [2.24, 2.45) is 0 Å². The van der Waals surface area contributed by atoms with Crippen LogP contribution >= 0.6 is 27.3 Å². The van der Waals surface area contributed by atoms with E-state index < -0.39 is 0 Å². The minimum Gasteiger partial charge on any atom is -0.152 e. The third-order valence-electron chi connectivity index (χ3n) is 3.26. The highest BCUT2D eigenvalue weighted by atomic mass is 79.9. The van der Waals surface area contributed by atoms with Crippen molar-refractivity contribution in [1.82, 2.24) is 0 Å². The second-order valence-corrected chi connectivity index (χ2v) is 6.38. The average molecular weight is 323 g/mol. The van der Waals surface area contributed by atoms with Crippen molar-refractivity contribution in [2.45, 2.75) is 37.9 Å². The van der Waals surface area contributed by atoms with Gasteiger partial charge in [0.25, 0.3) is 0 Å². The van der Waals surface area contributed by atoms with E-state index in [2.05, 4.69) is 64.8 Å². The van der Waals surface area contributed by atoms with E-state index in [-0.39, 0.29) is 0 Å². The SMILES string of the molecule is CCCCc1ccc(C(Br)c2cscc2C)cc1. The number of benzene rings is 1. The number of unbranched alkanes of at least 4 members (excludes halogenated alkanes) is 1. The van der Waals surface area contributed by atoms with Gasteiger partial charge in [-0.2, -0.15) is 11.3 Å². The van der Waals surface area contributed by atoms with Crippen LogP contribution in [0, 0.1) is 6.92 Å². The molecule has 1 aromatic heterocycles. The van der Waals surface area contributed by atoms with Gasteiger partial charge in [0, 0.05) is 0 Å². The number of hydrogen-bond donors (Lipinski definition) is 0. The number of halogens is 1. The lowest BCUT2D eigenvalue weighted by molar-refractivity contribution is 0.795. The number of aryl methyl sites for hydroxylation is 2. The van der Waals surface area contributed by atoms with E-state index in [0.29, 0.717) is 4.83 Å². The van der Waals surface area contributed by atoms with Crippen LogP contribution in [0.1, 0.15) is 46.8 Å². The molecule has 1 aromatic carbocycles. The van der Waals surface area contributed by atoms with Crippen LogP contribution in [0.2, 0.25) is 0 Å². The van der Waals surface area contributed by atoms with E-state index in [0.717, 1.165) is 0 Å². The summed E-state index contributed by atoms with van der Waals surface area (Å²) < 4.78 is 0. The standard InChI is InChI=1S/C16H19BrS/c1-3-4-5-13-6-8-14(9-7-13)16(17)15-11-18-10-12(15)2/h6-11,16H,3-5H2,1-2H3. The Morgan fingerprint density at radius 2 is 1.89 bits per heavy atom. The molecule has 96 valence electrons. The van der Waals surface area contributed by atoms with Crippen LogP contribution < -0.4 is 0 Å². The molecule has 2 heteroatoms. The van der Waals surface area contributed by atoms with E-state index in [1.165, 1.54) is 41.5 Å². The number of rotatable bonds is 5. The summed E-state index contributed by atoms with van der Waals surface area (Å²) in [4.78, 5) is 0.323. The van der Waals surface area contributed by atoms with Crippen molar-refractivity contribution in [3.8, 4) is 0 Å². The van der Waals surface area contributed by atoms with E-state index in [1.54, 1.807) is 11.3 Å². The summed E-state index contributed by atoms with van der Waals surface area (Å²) in [6.07, 6.45) is 3.73. The Morgan fingerprint density at radius 1 is 1.17 bits per heavy atom. The minimum atomic E-state index is 0.323. The molecule has 2 aromatic rings. The summed E-state index contributed by atoms with van der Waals surface area (Å²) in [5, 5.41) is 4.44. The summed E-state index contributed by atoms with van der Waals surface area (Å²) in [5.74, 6) is 0. The van der Waals surface area contributed by atoms with Gasteiger partial charge in [-0.25, -0.2) is 0 Å².